The van der Waals surface area contributed by atoms with Gasteiger partial charge in [-0.1, -0.05) is 0 Å². The summed E-state index contributed by atoms with van der Waals surface area (Å²) >= 11 is 0. The minimum atomic E-state index is -0.347. The number of allylic oxidation sites excluding steroid dienone is 1. The molecule has 0 fully saturated rings. The highest BCUT2D eigenvalue weighted by atomic mass is 16.5. The maximum Gasteiger partial charge on any atom is 0.308 e. The zero-order valence-corrected chi connectivity index (χ0v) is 11.0. The van der Waals surface area contributed by atoms with Crippen LogP contribution < -0.4 is 9.47 Å². The van der Waals surface area contributed by atoms with Crippen LogP contribution in [0.4, 0.5) is 0 Å². The van der Waals surface area contributed by atoms with E-state index in [4.69, 9.17) is 9.47 Å². The first-order chi connectivity index (χ1) is 9.02. The zero-order valence-electron chi connectivity index (χ0n) is 11.0. The first kappa shape index (κ1) is 11.7. The van der Waals surface area contributed by atoms with E-state index in [1.807, 2.05) is 32.1 Å². The van der Waals surface area contributed by atoms with E-state index < -0.39 is 0 Å². The number of esters is 1. The van der Waals surface area contributed by atoms with Crippen LogP contribution in [-0.2, 0) is 4.79 Å². The molecule has 0 radical (unpaired) electrons. The second kappa shape index (κ2) is 4.09. The molecule has 0 spiro atoms. The third-order valence-corrected chi connectivity index (χ3v) is 2.90. The van der Waals surface area contributed by atoms with Crippen molar-refractivity contribution in [1.82, 2.24) is 4.98 Å². The number of carbonyl (C=O) groups excluding carboxylic acids is 1. The van der Waals surface area contributed by atoms with Crippen LogP contribution in [-0.4, -0.2) is 11.0 Å². The Labute approximate surface area is 110 Å². The van der Waals surface area contributed by atoms with Gasteiger partial charge in [-0.25, -0.2) is 0 Å². The van der Waals surface area contributed by atoms with Crippen molar-refractivity contribution in [1.29, 1.82) is 0 Å². The molecule has 1 aliphatic rings. The van der Waals surface area contributed by atoms with Gasteiger partial charge in [-0.2, -0.15) is 0 Å². The molecule has 2 heterocycles. The van der Waals surface area contributed by atoms with Crippen molar-refractivity contribution in [3.05, 3.63) is 35.3 Å². The van der Waals surface area contributed by atoms with Crippen molar-refractivity contribution in [2.45, 2.75) is 20.8 Å². The molecule has 2 aromatic rings. The summed E-state index contributed by atoms with van der Waals surface area (Å²) in [4.78, 5) is 15.6. The average Bonchev–Trinajstić information content (AvgIpc) is 2.25. The van der Waals surface area contributed by atoms with E-state index in [-0.39, 0.29) is 5.97 Å². The molecule has 0 aliphatic carbocycles. The summed E-state index contributed by atoms with van der Waals surface area (Å²) in [7, 11) is 0. The maximum absolute atomic E-state index is 11.1. The van der Waals surface area contributed by atoms with Gasteiger partial charge < -0.3 is 9.47 Å². The van der Waals surface area contributed by atoms with Crippen molar-refractivity contribution < 1.29 is 14.3 Å². The lowest BCUT2D eigenvalue weighted by Gasteiger charge is -2.17. The van der Waals surface area contributed by atoms with Crippen molar-refractivity contribution in [2.75, 3.05) is 0 Å². The summed E-state index contributed by atoms with van der Waals surface area (Å²) in [5.74, 6) is 1.59. The number of aromatic nitrogens is 1. The fourth-order valence-electron chi connectivity index (χ4n) is 2.31. The lowest BCUT2D eigenvalue weighted by molar-refractivity contribution is -0.131. The summed E-state index contributed by atoms with van der Waals surface area (Å²) in [6, 6.07) is 5.50. The van der Waals surface area contributed by atoms with E-state index in [9.17, 15) is 4.79 Å². The van der Waals surface area contributed by atoms with Crippen LogP contribution in [0.3, 0.4) is 0 Å². The lowest BCUT2D eigenvalue weighted by atomic mass is 10.0. The van der Waals surface area contributed by atoms with E-state index >= 15 is 0 Å². The monoisotopic (exact) mass is 255 g/mol. The molecule has 4 nitrogen and oxygen atoms in total. The van der Waals surface area contributed by atoms with Gasteiger partial charge in [0, 0.05) is 24.8 Å². The third-order valence-electron chi connectivity index (χ3n) is 2.90. The van der Waals surface area contributed by atoms with Gasteiger partial charge in [0.25, 0.3) is 0 Å². The number of nitrogens with zero attached hydrogens (tertiary/aromatic N) is 1. The smallest absolute Gasteiger partial charge is 0.308 e. The van der Waals surface area contributed by atoms with Crippen molar-refractivity contribution in [3.63, 3.8) is 0 Å². The highest BCUT2D eigenvalue weighted by Gasteiger charge is 2.17. The standard InChI is InChI=1S/C15H13NO3/c1-8-4-11-6-12(19-10(3)17)7-14-15(11)13(16-8)5-9(2)18-14/h4-7H,1-3H3. The second-order valence-electron chi connectivity index (χ2n) is 4.62. The molecule has 19 heavy (non-hydrogen) atoms. The normalized spacial score (nSPS) is 12.9. The molecule has 0 unspecified atom stereocenters. The van der Waals surface area contributed by atoms with Crippen LogP contribution in [0.15, 0.2) is 24.0 Å². The Bertz CT molecular complexity index is 732. The Morgan fingerprint density at radius 3 is 2.79 bits per heavy atom. The molecule has 96 valence electrons. The second-order valence-corrected chi connectivity index (χ2v) is 4.62. The first-order valence-corrected chi connectivity index (χ1v) is 6.03. The van der Waals surface area contributed by atoms with E-state index in [1.165, 1.54) is 6.92 Å². The van der Waals surface area contributed by atoms with Gasteiger partial charge in [0.05, 0.1) is 11.1 Å². The Balaban J connectivity index is 2.29. The quantitative estimate of drug-likeness (QED) is 0.580. The van der Waals surface area contributed by atoms with Crippen LogP contribution >= 0.6 is 0 Å². The fraction of sp³-hybridized carbons (Fsp3) is 0.200. The van der Waals surface area contributed by atoms with Crippen molar-refractivity contribution in [2.24, 2.45) is 0 Å². The van der Waals surface area contributed by atoms with Crippen LogP contribution in [0.2, 0.25) is 0 Å². The van der Waals surface area contributed by atoms with Crippen LogP contribution in [0, 0.1) is 6.92 Å². The van der Waals surface area contributed by atoms with Crippen LogP contribution in [0.5, 0.6) is 11.5 Å². The number of rotatable bonds is 1. The number of pyridine rings is 1. The first-order valence-electron chi connectivity index (χ1n) is 6.03. The van der Waals surface area contributed by atoms with Gasteiger partial charge >= 0.3 is 5.97 Å². The predicted molar refractivity (Wildman–Crippen MR) is 72.1 cm³/mol. The number of carbonyl (C=O) groups is 1. The van der Waals surface area contributed by atoms with Gasteiger partial charge in [-0.15, -0.1) is 0 Å². The highest BCUT2D eigenvalue weighted by Crippen LogP contribution is 2.38. The summed E-state index contributed by atoms with van der Waals surface area (Å²) in [6.45, 7) is 5.19. The summed E-state index contributed by atoms with van der Waals surface area (Å²) in [5, 5.41) is 1.91. The van der Waals surface area contributed by atoms with Gasteiger partial charge in [0.2, 0.25) is 0 Å². The number of benzene rings is 1. The Morgan fingerprint density at radius 1 is 1.26 bits per heavy atom. The molecule has 4 heteroatoms. The zero-order chi connectivity index (χ0) is 13.6. The number of hydrogen-bond donors (Lipinski definition) is 0. The Morgan fingerprint density at radius 2 is 2.05 bits per heavy atom. The maximum atomic E-state index is 11.1. The number of ether oxygens (including phenoxy) is 2. The van der Waals surface area contributed by atoms with E-state index in [0.29, 0.717) is 11.5 Å². The van der Waals surface area contributed by atoms with Crippen molar-refractivity contribution in [3.8, 4) is 11.5 Å². The molecule has 0 bridgehead atoms. The average molecular weight is 255 g/mol. The fourth-order valence-corrected chi connectivity index (χ4v) is 2.31. The number of hydrogen-bond acceptors (Lipinski definition) is 4. The highest BCUT2D eigenvalue weighted by molar-refractivity contribution is 5.97. The number of aryl methyl sites for hydroxylation is 1. The molecule has 0 saturated heterocycles. The van der Waals surface area contributed by atoms with E-state index in [1.54, 1.807) is 6.07 Å². The molecular weight excluding hydrogens is 242 g/mol. The Kier molecular flexibility index (Phi) is 2.52. The predicted octanol–water partition coefficient (Wildman–Crippen LogP) is 3.22. The lowest BCUT2D eigenvalue weighted by Crippen LogP contribution is -2.04. The SMILES string of the molecule is CC(=O)Oc1cc2c3c(nc(C)cc3c1)C=C(C)O2. The molecular formula is C15H13NO3. The van der Waals surface area contributed by atoms with Gasteiger partial charge in [0.1, 0.15) is 17.3 Å². The van der Waals surface area contributed by atoms with Crippen molar-refractivity contribution >= 4 is 22.8 Å². The minimum Gasteiger partial charge on any atom is -0.461 e. The molecule has 3 rings (SSSR count). The molecule has 1 aromatic heterocycles. The topological polar surface area (TPSA) is 48.4 Å². The molecule has 0 saturated carbocycles. The summed E-state index contributed by atoms with van der Waals surface area (Å²) < 4.78 is 10.8. The largest absolute Gasteiger partial charge is 0.461 e. The van der Waals surface area contributed by atoms with Crippen LogP contribution in [0.25, 0.3) is 16.8 Å². The summed E-state index contributed by atoms with van der Waals surface area (Å²) in [6.07, 6.45) is 1.91. The minimum absolute atomic E-state index is 0.347. The van der Waals surface area contributed by atoms with Gasteiger partial charge in [-0.3, -0.25) is 9.78 Å². The Hall–Kier alpha value is -2.36. The van der Waals surface area contributed by atoms with Crippen LogP contribution in [0.1, 0.15) is 25.2 Å². The molecule has 1 aromatic carbocycles. The van der Waals surface area contributed by atoms with Gasteiger partial charge in [-0.05, 0) is 31.4 Å². The molecule has 1 aliphatic heterocycles. The molecule has 0 atom stereocenters. The molecule has 0 amide bonds. The van der Waals surface area contributed by atoms with E-state index in [2.05, 4.69) is 4.98 Å². The van der Waals surface area contributed by atoms with E-state index in [0.717, 1.165) is 27.9 Å². The molecule has 0 N–H and O–H groups in total. The third kappa shape index (κ3) is 2.05. The van der Waals surface area contributed by atoms with Gasteiger partial charge in [0.15, 0.2) is 0 Å². The summed E-state index contributed by atoms with van der Waals surface area (Å²) in [5.41, 5.74) is 1.81.